The number of carbonyl (C=O) groups excluding carboxylic acids is 1. The Morgan fingerprint density at radius 3 is 2.43 bits per heavy atom. The first-order chi connectivity index (χ1) is 13.1. The van der Waals surface area contributed by atoms with Gasteiger partial charge in [0.05, 0.1) is 18.3 Å². The van der Waals surface area contributed by atoms with E-state index in [2.05, 4.69) is 6.92 Å². The number of amides is 1. The molecule has 3 rings (SSSR count). The molecule has 1 heterocycles. The number of aliphatic hydroxyl groups is 1. The van der Waals surface area contributed by atoms with Gasteiger partial charge in [-0.15, -0.1) is 0 Å². The van der Waals surface area contributed by atoms with Crippen molar-refractivity contribution >= 4 is 11.6 Å². The maximum absolute atomic E-state index is 14.0. The zero-order valence-electron chi connectivity index (χ0n) is 16.7. The number of hydrogen-bond donors (Lipinski definition) is 1. The van der Waals surface area contributed by atoms with Gasteiger partial charge < -0.3 is 12.0 Å². The number of carbonyl (C=O) groups is 1. The van der Waals surface area contributed by atoms with Crippen LogP contribution in [0.5, 0.6) is 0 Å². The van der Waals surface area contributed by atoms with Crippen LogP contribution >= 0.6 is 0 Å². The molecule has 6 heteroatoms. The van der Waals surface area contributed by atoms with E-state index in [1.165, 1.54) is 19.3 Å². The molecule has 1 N–H and O–H groups in total. The van der Waals surface area contributed by atoms with Gasteiger partial charge in [-0.2, -0.15) is 6.42 Å². The normalized spacial score (nSPS) is 21.7. The maximum atomic E-state index is 14.0. The second-order valence-electron chi connectivity index (χ2n) is 7.86. The van der Waals surface area contributed by atoms with E-state index in [1.54, 1.807) is 10.0 Å². The molecule has 1 radical (unpaired) electrons. The molecule has 2 aliphatic rings. The third-order valence-corrected chi connectivity index (χ3v) is 5.90. The molecule has 2 fully saturated rings. The van der Waals surface area contributed by atoms with Crippen molar-refractivity contribution in [3.8, 4) is 0 Å². The zero-order chi connectivity index (χ0) is 19.2. The summed E-state index contributed by atoms with van der Waals surface area (Å²) < 4.78 is 14.0. The summed E-state index contributed by atoms with van der Waals surface area (Å²) >= 11 is 0. The summed E-state index contributed by atoms with van der Waals surface area (Å²) in [6.45, 7) is 4.43. The number of nitrogens with zero attached hydrogens (tertiary/aromatic N) is 2. The number of aliphatic hydroxyl groups excluding tert-OH is 1. The van der Waals surface area contributed by atoms with Gasteiger partial charge in [0.25, 0.3) is 5.91 Å². The van der Waals surface area contributed by atoms with E-state index in [4.69, 9.17) is 0 Å². The Morgan fingerprint density at radius 2 is 1.79 bits per heavy atom. The van der Waals surface area contributed by atoms with Crippen molar-refractivity contribution in [1.82, 2.24) is 5.01 Å². The van der Waals surface area contributed by atoms with Crippen molar-refractivity contribution in [3.05, 3.63) is 36.8 Å². The Morgan fingerprint density at radius 1 is 1.11 bits per heavy atom. The molecule has 0 aromatic heterocycles. The number of hydrazine groups is 1. The van der Waals surface area contributed by atoms with Crippen LogP contribution in [-0.2, 0) is 37.5 Å². The van der Waals surface area contributed by atoms with Crippen LogP contribution in [0.25, 0.3) is 0 Å². The number of halogens is 1. The zero-order valence-corrected chi connectivity index (χ0v) is 19.6. The van der Waals surface area contributed by atoms with Crippen LogP contribution in [0.4, 0.5) is 10.1 Å². The number of anilines is 1. The van der Waals surface area contributed by atoms with E-state index in [9.17, 15) is 14.3 Å². The molecular formula is C22H32FN2O2Y-. The Labute approximate surface area is 193 Å². The fourth-order valence-electron chi connectivity index (χ4n) is 4.27. The molecule has 4 nitrogen and oxygen atoms in total. The Hall–Kier alpha value is -0.516. The third-order valence-electron chi connectivity index (χ3n) is 5.90. The molecule has 0 spiro atoms. The summed E-state index contributed by atoms with van der Waals surface area (Å²) in [4.78, 5) is 12.2. The monoisotopic (exact) mass is 464 g/mol. The van der Waals surface area contributed by atoms with Gasteiger partial charge in [-0.05, 0) is 42.9 Å². The van der Waals surface area contributed by atoms with E-state index in [-0.39, 0.29) is 39.3 Å². The van der Waals surface area contributed by atoms with Crippen molar-refractivity contribution in [2.45, 2.75) is 70.1 Å². The van der Waals surface area contributed by atoms with Gasteiger partial charge in [-0.3, -0.25) is 14.8 Å². The van der Waals surface area contributed by atoms with E-state index in [0.717, 1.165) is 49.8 Å². The summed E-state index contributed by atoms with van der Waals surface area (Å²) in [5.74, 6) is -0.117. The number of hydrogen-bond acceptors (Lipinski definition) is 3. The van der Waals surface area contributed by atoms with E-state index in [1.807, 2.05) is 24.3 Å². The van der Waals surface area contributed by atoms with E-state index < -0.39 is 18.2 Å². The Kier molecular flexibility index (Phi) is 9.85. The second kappa shape index (κ2) is 11.6. The molecule has 1 aliphatic heterocycles. The maximum Gasteiger partial charge on any atom is 0.277 e. The summed E-state index contributed by atoms with van der Waals surface area (Å²) in [5.41, 5.74) is 1.72. The fraction of sp³-hybridized carbons (Fsp3) is 0.636. The largest absolute Gasteiger partial charge is 0.388 e. The van der Waals surface area contributed by atoms with Crippen LogP contribution in [0.3, 0.4) is 0 Å². The Bertz CT molecular complexity index is 607. The molecule has 1 aliphatic carbocycles. The van der Waals surface area contributed by atoms with Crippen molar-refractivity contribution < 1.29 is 47.0 Å². The van der Waals surface area contributed by atoms with Crippen LogP contribution in [0, 0.1) is 12.8 Å². The molecule has 2 atom stereocenters. The van der Waals surface area contributed by atoms with Crippen molar-refractivity contribution in [3.63, 3.8) is 0 Å². The molecule has 1 amide bonds. The second-order valence-corrected chi connectivity index (χ2v) is 7.86. The molecule has 28 heavy (non-hydrogen) atoms. The number of alkyl halides is 1. The van der Waals surface area contributed by atoms with Crippen LogP contribution in [-0.4, -0.2) is 35.3 Å². The van der Waals surface area contributed by atoms with Crippen molar-refractivity contribution in [2.75, 3.05) is 18.1 Å². The summed E-state index contributed by atoms with van der Waals surface area (Å²) in [5, 5.41) is 13.9. The van der Waals surface area contributed by atoms with Gasteiger partial charge >= 0.3 is 0 Å². The fourth-order valence-corrected chi connectivity index (χ4v) is 4.27. The molecule has 153 valence electrons. The number of benzene rings is 1. The van der Waals surface area contributed by atoms with Crippen molar-refractivity contribution in [1.29, 1.82) is 0 Å². The predicted octanol–water partition coefficient (Wildman–Crippen LogP) is 4.59. The average molecular weight is 464 g/mol. The van der Waals surface area contributed by atoms with Gasteiger partial charge in [0.1, 0.15) is 0 Å². The minimum Gasteiger partial charge on any atom is -0.388 e. The molecular weight excluding hydrogens is 432 g/mol. The van der Waals surface area contributed by atoms with Crippen molar-refractivity contribution in [2.24, 2.45) is 5.92 Å². The third kappa shape index (κ3) is 5.76. The predicted molar refractivity (Wildman–Crippen MR) is 106 cm³/mol. The summed E-state index contributed by atoms with van der Waals surface area (Å²) in [6, 6.07) is 7.64. The summed E-state index contributed by atoms with van der Waals surface area (Å²) in [7, 11) is 0. The van der Waals surface area contributed by atoms with Crippen LogP contribution < -0.4 is 5.01 Å². The number of rotatable bonds is 8. The van der Waals surface area contributed by atoms with Crippen LogP contribution in [0.2, 0.25) is 0 Å². The van der Waals surface area contributed by atoms with E-state index >= 15 is 0 Å². The molecule has 1 aromatic carbocycles. The van der Waals surface area contributed by atoms with Gasteiger partial charge in [0.15, 0.2) is 6.17 Å². The summed E-state index contributed by atoms with van der Waals surface area (Å²) in [6.07, 6.45) is 7.64. The van der Waals surface area contributed by atoms with E-state index in [0.29, 0.717) is 12.5 Å². The first kappa shape index (κ1) is 23.8. The topological polar surface area (TPSA) is 43.8 Å². The molecule has 1 saturated heterocycles. The van der Waals surface area contributed by atoms with Crippen LogP contribution in [0.1, 0.15) is 69.5 Å². The quantitative estimate of drug-likeness (QED) is 0.452. The van der Waals surface area contributed by atoms with Gasteiger partial charge in [0.2, 0.25) is 0 Å². The molecule has 1 saturated carbocycles. The van der Waals surface area contributed by atoms with Crippen LogP contribution in [0.15, 0.2) is 24.3 Å². The van der Waals surface area contributed by atoms with Gasteiger partial charge in [0, 0.05) is 39.3 Å². The van der Waals surface area contributed by atoms with Gasteiger partial charge in [-0.1, -0.05) is 44.2 Å². The van der Waals surface area contributed by atoms with Gasteiger partial charge in [-0.25, -0.2) is 4.39 Å². The molecule has 1 aromatic rings. The number of unbranched alkanes of at least 4 members (excludes halogenated alkanes) is 3. The Balaban J connectivity index is 0.00000280. The SMILES string of the molecule is [CH2-]CCCCCN1C(=O)C(F)CN1c1ccc(C(O)C2CCCCC2)cc1.[Y]. The minimum absolute atomic E-state index is 0. The standard InChI is InChI=1S/C22H32FN2O2.Y/c1-2-3-4-8-15-24-22(27)20(23)16-25(24)19-13-11-18(12-14-19)21(26)17-9-6-5-7-10-17;/h11-14,17,20-21,26H,1-10,15-16H2;/q-1;. The molecule has 2 unspecified atom stereocenters. The first-order valence-electron chi connectivity index (χ1n) is 10.4. The average Bonchev–Trinajstić information content (AvgIpc) is 3.00. The first-order valence-corrected chi connectivity index (χ1v) is 10.4. The minimum atomic E-state index is -1.47. The molecule has 0 bridgehead atoms. The smallest absolute Gasteiger partial charge is 0.277 e.